The van der Waals surface area contributed by atoms with Gasteiger partial charge in [-0.1, -0.05) is 0 Å². The second kappa shape index (κ2) is 4.59. The first-order valence-corrected chi connectivity index (χ1v) is 5.32. The zero-order valence-corrected chi connectivity index (χ0v) is 9.55. The molecule has 1 unspecified atom stereocenters. The van der Waals surface area contributed by atoms with Gasteiger partial charge in [0.15, 0.2) is 0 Å². The van der Waals surface area contributed by atoms with Gasteiger partial charge >= 0.3 is 0 Å². The third-order valence-corrected chi connectivity index (χ3v) is 2.57. The first-order valence-electron chi connectivity index (χ1n) is 5.32. The van der Waals surface area contributed by atoms with Crippen molar-refractivity contribution in [2.45, 2.75) is 19.5 Å². The van der Waals surface area contributed by atoms with Crippen molar-refractivity contribution in [1.82, 2.24) is 14.5 Å². The first kappa shape index (κ1) is 11.0. The minimum absolute atomic E-state index is 0.197. The molecule has 2 N–H and O–H groups in total. The summed E-state index contributed by atoms with van der Waals surface area (Å²) in [5, 5.41) is 0. The van der Waals surface area contributed by atoms with Crippen molar-refractivity contribution < 1.29 is 4.74 Å². The van der Waals surface area contributed by atoms with Crippen LogP contribution in [0, 0.1) is 0 Å². The van der Waals surface area contributed by atoms with Crippen LogP contribution in [0.3, 0.4) is 0 Å². The number of methoxy groups -OCH3 is 1. The SMILES string of the molecule is CCn1c(C(N)COC)nc2cnccc21. The third kappa shape index (κ3) is 1.79. The van der Waals surface area contributed by atoms with Gasteiger partial charge in [-0.3, -0.25) is 4.98 Å². The lowest BCUT2D eigenvalue weighted by Gasteiger charge is -2.12. The maximum Gasteiger partial charge on any atom is 0.129 e. The van der Waals surface area contributed by atoms with Gasteiger partial charge in [-0.2, -0.15) is 0 Å². The summed E-state index contributed by atoms with van der Waals surface area (Å²) in [7, 11) is 1.64. The van der Waals surface area contributed by atoms with Gasteiger partial charge in [0.25, 0.3) is 0 Å². The molecule has 0 spiro atoms. The molecule has 0 aliphatic carbocycles. The summed E-state index contributed by atoms with van der Waals surface area (Å²) in [6.45, 7) is 3.38. The van der Waals surface area contributed by atoms with Crippen LogP contribution < -0.4 is 5.73 Å². The Labute approximate surface area is 94.2 Å². The Bertz CT molecular complexity index is 480. The van der Waals surface area contributed by atoms with Crippen LogP contribution in [0.25, 0.3) is 11.0 Å². The standard InChI is InChI=1S/C11H16N4O/c1-3-15-10-4-5-13-6-9(10)14-11(15)8(12)7-16-2/h4-6,8H,3,7,12H2,1-2H3. The van der Waals surface area contributed by atoms with Crippen LogP contribution in [0.4, 0.5) is 0 Å². The molecule has 2 aromatic heterocycles. The average Bonchev–Trinajstić information content (AvgIpc) is 2.67. The van der Waals surface area contributed by atoms with Gasteiger partial charge in [0.05, 0.1) is 24.4 Å². The Hall–Kier alpha value is -1.46. The molecule has 0 radical (unpaired) electrons. The number of nitrogens with two attached hydrogens (primary N) is 1. The molecule has 0 saturated heterocycles. The smallest absolute Gasteiger partial charge is 0.129 e. The number of imidazole rings is 1. The molecule has 0 aliphatic heterocycles. The molecule has 0 fully saturated rings. The van der Waals surface area contributed by atoms with E-state index in [0.29, 0.717) is 6.61 Å². The summed E-state index contributed by atoms with van der Waals surface area (Å²) in [6.07, 6.45) is 3.52. The van der Waals surface area contributed by atoms with E-state index in [-0.39, 0.29) is 6.04 Å². The minimum atomic E-state index is -0.197. The van der Waals surface area contributed by atoms with E-state index in [1.54, 1.807) is 19.5 Å². The van der Waals surface area contributed by atoms with Crippen LogP contribution >= 0.6 is 0 Å². The van der Waals surface area contributed by atoms with Crippen molar-refractivity contribution in [2.24, 2.45) is 5.73 Å². The highest BCUT2D eigenvalue weighted by Gasteiger charge is 2.15. The minimum Gasteiger partial charge on any atom is -0.383 e. The zero-order valence-electron chi connectivity index (χ0n) is 9.55. The zero-order chi connectivity index (χ0) is 11.5. The number of hydrogen-bond donors (Lipinski definition) is 1. The molecular weight excluding hydrogens is 204 g/mol. The second-order valence-electron chi connectivity index (χ2n) is 3.64. The molecule has 5 nitrogen and oxygen atoms in total. The van der Waals surface area contributed by atoms with Gasteiger partial charge in [0.2, 0.25) is 0 Å². The van der Waals surface area contributed by atoms with Gasteiger partial charge < -0.3 is 15.0 Å². The lowest BCUT2D eigenvalue weighted by Crippen LogP contribution is -2.20. The number of hydrogen-bond acceptors (Lipinski definition) is 4. The van der Waals surface area contributed by atoms with E-state index in [1.165, 1.54) is 0 Å². The maximum absolute atomic E-state index is 6.02. The quantitative estimate of drug-likeness (QED) is 0.837. The maximum atomic E-state index is 6.02. The van der Waals surface area contributed by atoms with Crippen molar-refractivity contribution in [2.75, 3.05) is 13.7 Å². The lowest BCUT2D eigenvalue weighted by molar-refractivity contribution is 0.177. The Kier molecular flexibility index (Phi) is 3.17. The Morgan fingerprint density at radius 2 is 2.38 bits per heavy atom. The highest BCUT2D eigenvalue weighted by Crippen LogP contribution is 2.18. The first-order chi connectivity index (χ1) is 7.77. The predicted molar refractivity (Wildman–Crippen MR) is 62.0 cm³/mol. The fourth-order valence-electron chi connectivity index (χ4n) is 1.87. The number of rotatable bonds is 4. The number of ether oxygens (including phenoxy) is 1. The molecule has 0 amide bonds. The summed E-state index contributed by atoms with van der Waals surface area (Å²) in [5.41, 5.74) is 7.97. The summed E-state index contributed by atoms with van der Waals surface area (Å²) < 4.78 is 7.16. The van der Waals surface area contributed by atoms with Crippen LogP contribution in [0.15, 0.2) is 18.5 Å². The van der Waals surface area contributed by atoms with Crippen LogP contribution in [0.5, 0.6) is 0 Å². The molecule has 0 aromatic carbocycles. The van der Waals surface area contributed by atoms with Crippen molar-refractivity contribution in [3.8, 4) is 0 Å². The molecular formula is C11H16N4O. The van der Waals surface area contributed by atoms with Gasteiger partial charge in [-0.25, -0.2) is 4.98 Å². The van der Waals surface area contributed by atoms with Gasteiger partial charge in [0, 0.05) is 19.9 Å². The molecule has 2 rings (SSSR count). The molecule has 0 bridgehead atoms. The van der Waals surface area contributed by atoms with Crippen molar-refractivity contribution in [3.63, 3.8) is 0 Å². The van der Waals surface area contributed by atoms with Crippen LogP contribution in [-0.2, 0) is 11.3 Å². The van der Waals surface area contributed by atoms with Gasteiger partial charge in [-0.05, 0) is 13.0 Å². The summed E-state index contributed by atoms with van der Waals surface area (Å²) in [5.74, 6) is 0.854. The average molecular weight is 220 g/mol. The topological polar surface area (TPSA) is 66.0 Å². The largest absolute Gasteiger partial charge is 0.383 e. The highest BCUT2D eigenvalue weighted by molar-refractivity contribution is 5.74. The van der Waals surface area contributed by atoms with E-state index in [1.807, 2.05) is 6.07 Å². The van der Waals surface area contributed by atoms with E-state index in [2.05, 4.69) is 21.5 Å². The summed E-state index contributed by atoms with van der Waals surface area (Å²) in [6, 6.07) is 1.76. The number of aryl methyl sites for hydroxylation is 1. The third-order valence-electron chi connectivity index (χ3n) is 2.57. The Morgan fingerprint density at radius 1 is 1.56 bits per heavy atom. The predicted octanol–water partition coefficient (Wildman–Crippen LogP) is 1.10. The lowest BCUT2D eigenvalue weighted by atomic mass is 10.3. The van der Waals surface area contributed by atoms with E-state index in [4.69, 9.17) is 10.5 Å². The number of nitrogens with zero attached hydrogens (tertiary/aromatic N) is 3. The van der Waals surface area contributed by atoms with Crippen molar-refractivity contribution >= 4 is 11.0 Å². The molecule has 5 heteroatoms. The van der Waals surface area contributed by atoms with Crippen molar-refractivity contribution in [3.05, 3.63) is 24.3 Å². The number of aromatic nitrogens is 3. The fourth-order valence-corrected chi connectivity index (χ4v) is 1.87. The normalized spacial score (nSPS) is 13.2. The van der Waals surface area contributed by atoms with Crippen molar-refractivity contribution in [1.29, 1.82) is 0 Å². The van der Waals surface area contributed by atoms with E-state index in [0.717, 1.165) is 23.4 Å². The van der Waals surface area contributed by atoms with Gasteiger partial charge in [-0.15, -0.1) is 0 Å². The van der Waals surface area contributed by atoms with E-state index in [9.17, 15) is 0 Å². The Morgan fingerprint density at radius 3 is 3.06 bits per heavy atom. The highest BCUT2D eigenvalue weighted by atomic mass is 16.5. The van der Waals surface area contributed by atoms with Crippen LogP contribution in [0.1, 0.15) is 18.8 Å². The number of fused-ring (bicyclic) bond motifs is 1. The second-order valence-corrected chi connectivity index (χ2v) is 3.64. The monoisotopic (exact) mass is 220 g/mol. The molecule has 16 heavy (non-hydrogen) atoms. The molecule has 2 heterocycles. The molecule has 86 valence electrons. The number of pyridine rings is 1. The van der Waals surface area contributed by atoms with E-state index < -0.39 is 0 Å². The summed E-state index contributed by atoms with van der Waals surface area (Å²) in [4.78, 5) is 8.56. The molecule has 0 aliphatic rings. The fraction of sp³-hybridized carbons (Fsp3) is 0.455. The summed E-state index contributed by atoms with van der Waals surface area (Å²) >= 11 is 0. The molecule has 1 atom stereocenters. The molecule has 0 saturated carbocycles. The van der Waals surface area contributed by atoms with Gasteiger partial charge in [0.1, 0.15) is 11.3 Å². The van der Waals surface area contributed by atoms with E-state index >= 15 is 0 Å². The molecule has 2 aromatic rings. The van der Waals surface area contributed by atoms with Crippen LogP contribution in [-0.4, -0.2) is 28.3 Å². The Balaban J connectivity index is 2.51. The van der Waals surface area contributed by atoms with Crippen LogP contribution in [0.2, 0.25) is 0 Å².